The maximum atomic E-state index is 13.6. The molecule has 0 fully saturated rings. The van der Waals surface area contributed by atoms with Crippen LogP contribution in [0.2, 0.25) is 0 Å². The average Bonchev–Trinajstić information content (AvgIpc) is 3.05. The van der Waals surface area contributed by atoms with Gasteiger partial charge >= 0.3 is 5.22 Å². The van der Waals surface area contributed by atoms with Gasteiger partial charge in [-0.2, -0.15) is 0 Å². The zero-order valence-corrected chi connectivity index (χ0v) is 15.8. The van der Waals surface area contributed by atoms with Crippen LogP contribution in [0, 0.1) is 5.82 Å². The highest BCUT2D eigenvalue weighted by molar-refractivity contribution is 7.90. The second kappa shape index (κ2) is 8.69. The van der Waals surface area contributed by atoms with Crippen molar-refractivity contribution in [2.75, 3.05) is 12.3 Å². The molecule has 0 aliphatic carbocycles. The zero-order valence-electron chi connectivity index (χ0n) is 14.2. The second-order valence-corrected chi connectivity index (χ2v) is 9.42. The molecule has 1 aromatic carbocycles. The number of hydrogen-bond acceptors (Lipinski definition) is 7. The Morgan fingerprint density at radius 3 is 2.58 bits per heavy atom. The quantitative estimate of drug-likeness (QED) is 0.635. The van der Waals surface area contributed by atoms with Crippen LogP contribution in [0.15, 0.2) is 33.9 Å². The van der Waals surface area contributed by atoms with Crippen LogP contribution in [0.25, 0.3) is 0 Å². The number of nitrogens with zero attached hydrogens (tertiary/aromatic N) is 2. The first-order valence-corrected chi connectivity index (χ1v) is 11.3. The summed E-state index contributed by atoms with van der Waals surface area (Å²) >= 11 is 0. The number of rotatable bonds is 10. The lowest BCUT2D eigenvalue weighted by Gasteiger charge is -2.04. The van der Waals surface area contributed by atoms with Crippen molar-refractivity contribution < 1.29 is 25.6 Å². The van der Waals surface area contributed by atoms with E-state index in [-0.39, 0.29) is 30.2 Å². The topological polar surface area (TPSA) is 119 Å². The van der Waals surface area contributed by atoms with E-state index in [2.05, 4.69) is 14.9 Å². The number of benzene rings is 1. The molecule has 0 atom stereocenters. The summed E-state index contributed by atoms with van der Waals surface area (Å²) in [5, 5.41) is 6.46. The Morgan fingerprint density at radius 2 is 1.88 bits per heavy atom. The molecule has 11 heteroatoms. The standard InChI is InChI=1S/C15H20FN3O5S2/c1-2-3-10-26(22,23)17-9-8-14-18-19-15(24-14)25(20,21)11-12-6-4-5-7-13(12)16/h4-7,17H,2-3,8-11H2,1H3. The second-order valence-electron chi connectivity index (χ2n) is 5.63. The summed E-state index contributed by atoms with van der Waals surface area (Å²) in [5.41, 5.74) is -0.00376. The van der Waals surface area contributed by atoms with Gasteiger partial charge < -0.3 is 4.42 Å². The summed E-state index contributed by atoms with van der Waals surface area (Å²) in [6, 6.07) is 5.50. The third kappa shape index (κ3) is 5.85. The third-order valence-electron chi connectivity index (χ3n) is 3.45. The number of hydrogen-bond donors (Lipinski definition) is 1. The molecule has 1 aromatic heterocycles. The fourth-order valence-corrected chi connectivity index (χ4v) is 4.45. The van der Waals surface area contributed by atoms with E-state index < -0.39 is 36.7 Å². The molecule has 8 nitrogen and oxygen atoms in total. The Labute approximate surface area is 151 Å². The Balaban J connectivity index is 1.97. The van der Waals surface area contributed by atoms with E-state index in [4.69, 9.17) is 4.42 Å². The lowest BCUT2D eigenvalue weighted by Crippen LogP contribution is -2.28. The molecule has 1 heterocycles. The van der Waals surface area contributed by atoms with E-state index in [1.165, 1.54) is 18.2 Å². The summed E-state index contributed by atoms with van der Waals surface area (Å²) in [7, 11) is -7.38. The number of sulfone groups is 1. The van der Waals surface area contributed by atoms with Crippen LogP contribution in [0.4, 0.5) is 4.39 Å². The zero-order chi connectivity index (χ0) is 19.2. The van der Waals surface area contributed by atoms with Gasteiger partial charge in [0, 0.05) is 18.5 Å². The molecule has 0 aliphatic heterocycles. The molecule has 0 saturated heterocycles. The third-order valence-corrected chi connectivity index (χ3v) is 6.30. The van der Waals surface area contributed by atoms with E-state index >= 15 is 0 Å². The van der Waals surface area contributed by atoms with Gasteiger partial charge in [0.15, 0.2) is 0 Å². The molecular weight excluding hydrogens is 385 g/mol. The van der Waals surface area contributed by atoms with Crippen LogP contribution >= 0.6 is 0 Å². The summed E-state index contributed by atoms with van der Waals surface area (Å²) in [6.45, 7) is 1.90. The van der Waals surface area contributed by atoms with Gasteiger partial charge in [0.1, 0.15) is 5.82 Å². The minimum absolute atomic E-state index is 0.00376. The monoisotopic (exact) mass is 405 g/mol. The normalized spacial score (nSPS) is 12.4. The van der Waals surface area contributed by atoms with E-state index in [1.807, 2.05) is 6.92 Å². The van der Waals surface area contributed by atoms with Crippen LogP contribution in [0.1, 0.15) is 31.2 Å². The summed E-state index contributed by atoms with van der Waals surface area (Å²) in [4.78, 5) is 0. The molecule has 0 spiro atoms. The Bertz CT molecular complexity index is 942. The molecule has 0 saturated carbocycles. The van der Waals surface area contributed by atoms with Crippen molar-refractivity contribution in [3.05, 3.63) is 41.5 Å². The Hall–Kier alpha value is -1.85. The molecule has 0 radical (unpaired) electrons. The number of halogens is 1. The molecule has 0 unspecified atom stereocenters. The smallest absolute Gasteiger partial charge is 0.335 e. The van der Waals surface area contributed by atoms with Gasteiger partial charge in [0.05, 0.1) is 11.5 Å². The van der Waals surface area contributed by atoms with Gasteiger partial charge in [-0.25, -0.2) is 25.9 Å². The molecule has 26 heavy (non-hydrogen) atoms. The van der Waals surface area contributed by atoms with Gasteiger partial charge in [-0.3, -0.25) is 0 Å². The van der Waals surface area contributed by atoms with Gasteiger partial charge in [0.2, 0.25) is 25.8 Å². The summed E-state index contributed by atoms with van der Waals surface area (Å²) in [5.74, 6) is -1.24. The van der Waals surface area contributed by atoms with E-state index in [9.17, 15) is 21.2 Å². The number of sulfonamides is 1. The average molecular weight is 405 g/mol. The number of nitrogens with one attached hydrogen (secondary N) is 1. The Morgan fingerprint density at radius 1 is 1.15 bits per heavy atom. The molecule has 0 amide bonds. The van der Waals surface area contributed by atoms with Crippen molar-refractivity contribution in [3.63, 3.8) is 0 Å². The summed E-state index contributed by atoms with van der Waals surface area (Å²) < 4.78 is 68.9. The number of aromatic nitrogens is 2. The highest BCUT2D eigenvalue weighted by Gasteiger charge is 2.24. The molecular formula is C15H20FN3O5S2. The van der Waals surface area contributed by atoms with Crippen LogP contribution in [0.5, 0.6) is 0 Å². The molecule has 1 N–H and O–H groups in total. The first kappa shape index (κ1) is 20.5. The van der Waals surface area contributed by atoms with E-state index in [0.29, 0.717) is 6.42 Å². The maximum Gasteiger partial charge on any atom is 0.335 e. The molecule has 2 aromatic rings. The van der Waals surface area contributed by atoms with Crippen LogP contribution < -0.4 is 4.72 Å². The van der Waals surface area contributed by atoms with E-state index in [1.54, 1.807) is 0 Å². The van der Waals surface area contributed by atoms with Crippen molar-refractivity contribution >= 4 is 19.9 Å². The SMILES string of the molecule is CCCCS(=O)(=O)NCCc1nnc(S(=O)(=O)Cc2ccccc2F)o1. The van der Waals surface area contributed by atoms with Gasteiger partial charge in [-0.15, -0.1) is 5.10 Å². The van der Waals surface area contributed by atoms with Crippen molar-refractivity contribution in [1.82, 2.24) is 14.9 Å². The van der Waals surface area contributed by atoms with Crippen molar-refractivity contribution in [3.8, 4) is 0 Å². The molecule has 144 valence electrons. The molecule has 0 aliphatic rings. The minimum atomic E-state index is -4.00. The van der Waals surface area contributed by atoms with Crippen LogP contribution in [0.3, 0.4) is 0 Å². The van der Waals surface area contributed by atoms with E-state index in [0.717, 1.165) is 12.5 Å². The van der Waals surface area contributed by atoms with Crippen LogP contribution in [-0.2, 0) is 32.0 Å². The highest BCUT2D eigenvalue weighted by Crippen LogP contribution is 2.17. The first-order chi connectivity index (χ1) is 12.2. The Kier molecular flexibility index (Phi) is 6.84. The molecule has 2 rings (SSSR count). The minimum Gasteiger partial charge on any atom is -0.412 e. The first-order valence-electron chi connectivity index (χ1n) is 7.99. The predicted octanol–water partition coefficient (Wildman–Crippen LogP) is 1.44. The van der Waals surface area contributed by atoms with Crippen molar-refractivity contribution in [2.45, 2.75) is 37.2 Å². The van der Waals surface area contributed by atoms with Gasteiger partial charge in [0.25, 0.3) is 0 Å². The maximum absolute atomic E-state index is 13.6. The lowest BCUT2D eigenvalue weighted by molar-refractivity contribution is 0.395. The largest absolute Gasteiger partial charge is 0.412 e. The van der Waals surface area contributed by atoms with Crippen molar-refractivity contribution in [2.24, 2.45) is 0 Å². The summed E-state index contributed by atoms with van der Waals surface area (Å²) in [6.07, 6.45) is 1.36. The fourth-order valence-electron chi connectivity index (χ4n) is 2.07. The van der Waals surface area contributed by atoms with Crippen molar-refractivity contribution in [1.29, 1.82) is 0 Å². The molecule has 0 bridgehead atoms. The van der Waals surface area contributed by atoms with Crippen LogP contribution in [-0.4, -0.2) is 39.3 Å². The fraction of sp³-hybridized carbons (Fsp3) is 0.467. The highest BCUT2D eigenvalue weighted by atomic mass is 32.2. The van der Waals surface area contributed by atoms with Gasteiger partial charge in [-0.05, 0) is 12.5 Å². The van der Waals surface area contributed by atoms with Gasteiger partial charge in [-0.1, -0.05) is 36.6 Å². The number of unbranched alkanes of at least 4 members (excludes halogenated alkanes) is 1. The predicted molar refractivity (Wildman–Crippen MR) is 92.0 cm³/mol. The lowest BCUT2D eigenvalue weighted by atomic mass is 10.2.